The Balaban J connectivity index is 0.000000495. The van der Waals surface area contributed by atoms with E-state index in [1.165, 1.54) is 75.3 Å². The Morgan fingerprint density at radius 1 is 0.538 bits per heavy atom. The topological polar surface area (TPSA) is 18.5 Å². The SMILES string of the molecule is CCCCCC[c-]1cccc1.CCCCCC[c-]1cccc1.COc1cc[c-]cc1.COc1cc[c-]cc1.[Ti+4]. The van der Waals surface area contributed by atoms with Crippen LogP contribution < -0.4 is 9.47 Å². The molecular weight excluding hydrogens is 512 g/mol. The summed E-state index contributed by atoms with van der Waals surface area (Å²) < 4.78 is 9.79. The second-order valence-corrected chi connectivity index (χ2v) is 9.09. The molecule has 0 radical (unpaired) electrons. The summed E-state index contributed by atoms with van der Waals surface area (Å²) >= 11 is 0. The zero-order valence-electron chi connectivity index (χ0n) is 24.6. The third kappa shape index (κ3) is 21.0. The number of aryl methyl sites for hydroxylation is 2. The van der Waals surface area contributed by atoms with Crippen LogP contribution in [0.15, 0.2) is 97.1 Å². The van der Waals surface area contributed by atoms with E-state index in [0.717, 1.165) is 11.5 Å². The summed E-state index contributed by atoms with van der Waals surface area (Å²) in [5.41, 5.74) is 3.00. The maximum Gasteiger partial charge on any atom is 4.00 e. The molecule has 0 amide bonds. The second-order valence-electron chi connectivity index (χ2n) is 9.09. The first-order valence-corrected chi connectivity index (χ1v) is 14.1. The molecule has 0 atom stereocenters. The van der Waals surface area contributed by atoms with Gasteiger partial charge in [0.05, 0.1) is 14.2 Å². The van der Waals surface area contributed by atoms with E-state index in [4.69, 9.17) is 9.47 Å². The Morgan fingerprint density at radius 3 is 1.13 bits per heavy atom. The molecule has 0 aromatic heterocycles. The zero-order valence-corrected chi connectivity index (χ0v) is 26.2. The molecular formula is C36H48O2Ti. The first-order chi connectivity index (χ1) is 18.7. The van der Waals surface area contributed by atoms with E-state index in [0.29, 0.717) is 0 Å². The predicted molar refractivity (Wildman–Crippen MR) is 163 cm³/mol. The number of hydrogen-bond donors (Lipinski definition) is 0. The number of rotatable bonds is 12. The molecule has 0 aliphatic heterocycles. The molecule has 4 aromatic carbocycles. The molecule has 0 N–H and O–H groups in total. The van der Waals surface area contributed by atoms with Gasteiger partial charge in [0.15, 0.2) is 0 Å². The van der Waals surface area contributed by atoms with Crippen LogP contribution in [-0.4, -0.2) is 14.2 Å². The zero-order chi connectivity index (χ0) is 27.5. The quantitative estimate of drug-likeness (QED) is 0.0975. The van der Waals surface area contributed by atoms with Crippen molar-refractivity contribution in [3.63, 3.8) is 0 Å². The normalized spacial score (nSPS) is 9.33. The molecule has 0 saturated heterocycles. The van der Waals surface area contributed by atoms with Gasteiger partial charge in [-0.15, -0.1) is 24.3 Å². The van der Waals surface area contributed by atoms with Crippen molar-refractivity contribution in [1.82, 2.24) is 0 Å². The Hall–Kier alpha value is -2.55. The first-order valence-electron chi connectivity index (χ1n) is 14.1. The maximum absolute atomic E-state index is 4.89. The number of benzene rings is 2. The van der Waals surface area contributed by atoms with Crippen LogP contribution in [0.3, 0.4) is 0 Å². The van der Waals surface area contributed by atoms with Crippen molar-refractivity contribution in [1.29, 1.82) is 0 Å². The van der Waals surface area contributed by atoms with Gasteiger partial charge in [-0.25, -0.2) is 24.3 Å². The molecule has 0 unspecified atom stereocenters. The summed E-state index contributed by atoms with van der Waals surface area (Å²) in [7, 11) is 3.30. The van der Waals surface area contributed by atoms with Gasteiger partial charge in [0.2, 0.25) is 0 Å². The van der Waals surface area contributed by atoms with E-state index >= 15 is 0 Å². The van der Waals surface area contributed by atoms with E-state index in [1.807, 2.05) is 48.5 Å². The number of ether oxygens (including phenoxy) is 2. The fourth-order valence-corrected chi connectivity index (χ4v) is 3.69. The van der Waals surface area contributed by atoms with Crippen molar-refractivity contribution in [3.8, 4) is 11.5 Å². The average molecular weight is 561 g/mol. The molecule has 2 nitrogen and oxygen atoms in total. The molecule has 0 heterocycles. The fraction of sp³-hybridized carbons (Fsp3) is 0.389. The summed E-state index contributed by atoms with van der Waals surface area (Å²) in [6.45, 7) is 4.50. The minimum Gasteiger partial charge on any atom is -0.522 e. The van der Waals surface area contributed by atoms with Crippen molar-refractivity contribution in [2.45, 2.75) is 78.1 Å². The van der Waals surface area contributed by atoms with Gasteiger partial charge in [-0.3, -0.25) is 0 Å². The van der Waals surface area contributed by atoms with Crippen LogP contribution >= 0.6 is 0 Å². The summed E-state index contributed by atoms with van der Waals surface area (Å²) in [5, 5.41) is 0. The van der Waals surface area contributed by atoms with E-state index < -0.39 is 0 Å². The molecule has 0 aliphatic carbocycles. The molecule has 0 bridgehead atoms. The summed E-state index contributed by atoms with van der Waals surface area (Å²) in [6, 6.07) is 37.8. The molecule has 3 heteroatoms. The third-order valence-electron chi connectivity index (χ3n) is 5.95. The minimum atomic E-state index is 0. The fourth-order valence-electron chi connectivity index (χ4n) is 3.69. The summed E-state index contributed by atoms with van der Waals surface area (Å²) in [5.74, 6) is 1.76. The van der Waals surface area contributed by atoms with Crippen LogP contribution in [0.5, 0.6) is 11.5 Å². The van der Waals surface area contributed by atoms with Crippen LogP contribution in [0.1, 0.15) is 76.3 Å². The minimum absolute atomic E-state index is 0. The largest absolute Gasteiger partial charge is 4.00 e. The number of hydrogen-bond acceptors (Lipinski definition) is 2. The van der Waals surface area contributed by atoms with Crippen molar-refractivity contribution < 1.29 is 31.2 Å². The van der Waals surface area contributed by atoms with Gasteiger partial charge in [-0.2, -0.15) is 71.8 Å². The number of unbranched alkanes of at least 4 members (excludes halogenated alkanes) is 6. The summed E-state index contributed by atoms with van der Waals surface area (Å²) in [6.07, 6.45) is 13.5. The van der Waals surface area contributed by atoms with Gasteiger partial charge in [-0.05, 0) is 0 Å². The average Bonchev–Trinajstić information content (AvgIpc) is 3.70. The molecule has 4 aromatic rings. The van der Waals surface area contributed by atoms with E-state index in [1.54, 1.807) is 14.2 Å². The molecule has 39 heavy (non-hydrogen) atoms. The van der Waals surface area contributed by atoms with E-state index in [-0.39, 0.29) is 21.7 Å². The van der Waals surface area contributed by atoms with Gasteiger partial charge >= 0.3 is 21.7 Å². The monoisotopic (exact) mass is 560 g/mol. The van der Waals surface area contributed by atoms with E-state index in [9.17, 15) is 0 Å². The summed E-state index contributed by atoms with van der Waals surface area (Å²) in [4.78, 5) is 0. The smallest absolute Gasteiger partial charge is 0.522 e. The van der Waals surface area contributed by atoms with Crippen LogP contribution in [0, 0.1) is 12.1 Å². The Kier molecular flexibility index (Phi) is 25.3. The third-order valence-corrected chi connectivity index (χ3v) is 5.95. The standard InChI is InChI=1S/2C11H17.2C7H7O.Ti/c2*1-2-3-4-5-8-11-9-6-7-10-11;2*1-8-7-5-3-2-4-6-7;/h2*6-7,9-10H,2-5,8H2,1H3;2*3-6H,1H3;/q4*-1;+4. The molecule has 208 valence electrons. The van der Waals surface area contributed by atoms with Crippen LogP contribution in [-0.2, 0) is 34.6 Å². The molecule has 0 fully saturated rings. The Bertz CT molecular complexity index is 866. The van der Waals surface area contributed by atoms with Crippen molar-refractivity contribution >= 4 is 0 Å². The molecule has 4 rings (SSSR count). The maximum atomic E-state index is 4.89. The van der Waals surface area contributed by atoms with E-state index in [2.05, 4.69) is 74.5 Å². The number of methoxy groups -OCH3 is 2. The molecule has 0 saturated carbocycles. The van der Waals surface area contributed by atoms with Crippen LogP contribution in [0.4, 0.5) is 0 Å². The van der Waals surface area contributed by atoms with Crippen molar-refractivity contribution in [2.75, 3.05) is 14.2 Å². The van der Waals surface area contributed by atoms with Crippen molar-refractivity contribution in [3.05, 3.63) is 120 Å². The van der Waals surface area contributed by atoms with Crippen LogP contribution in [0.2, 0.25) is 0 Å². The van der Waals surface area contributed by atoms with Gasteiger partial charge in [0, 0.05) is 11.5 Å². The predicted octanol–water partition coefficient (Wildman–Crippen LogP) is 10.0. The Morgan fingerprint density at radius 2 is 0.872 bits per heavy atom. The van der Waals surface area contributed by atoms with Crippen molar-refractivity contribution in [2.24, 2.45) is 0 Å². The van der Waals surface area contributed by atoms with Gasteiger partial charge in [0.1, 0.15) is 0 Å². The van der Waals surface area contributed by atoms with Gasteiger partial charge in [0.25, 0.3) is 0 Å². The van der Waals surface area contributed by atoms with Gasteiger partial charge in [-0.1, -0.05) is 78.1 Å². The molecule has 0 aliphatic rings. The first kappa shape index (κ1) is 36.5. The second kappa shape index (κ2) is 27.0. The van der Waals surface area contributed by atoms with Gasteiger partial charge < -0.3 is 9.47 Å². The molecule has 0 spiro atoms. The Labute approximate surface area is 254 Å². The van der Waals surface area contributed by atoms with Crippen LogP contribution in [0.25, 0.3) is 0 Å².